The van der Waals surface area contributed by atoms with Gasteiger partial charge in [-0.15, -0.1) is 0 Å². The highest BCUT2D eigenvalue weighted by molar-refractivity contribution is 4.43. The van der Waals surface area contributed by atoms with Crippen LogP contribution < -0.4 is 0 Å². The van der Waals surface area contributed by atoms with E-state index in [2.05, 4.69) is 13.8 Å². The standard InChI is InChI=1S/C9H18O/c1-3-5-7-9-10-8-6-4-2/h1-9H2. The largest absolute Gasteiger partial charge is 0.381 e. The number of hydrogen-bond acceptors (Lipinski definition) is 1. The first kappa shape index (κ1) is 9.96. The first-order valence-corrected chi connectivity index (χ1v) is 4.08. The molecule has 60 valence electrons. The van der Waals surface area contributed by atoms with Crippen molar-refractivity contribution in [3.05, 3.63) is 13.8 Å². The van der Waals surface area contributed by atoms with E-state index in [0.29, 0.717) is 0 Å². The fraction of sp³-hybridized carbons (Fsp3) is 0.778. The molecule has 0 heterocycles. The Morgan fingerprint density at radius 2 is 1.40 bits per heavy atom. The molecule has 0 aromatic carbocycles. The van der Waals surface area contributed by atoms with E-state index < -0.39 is 0 Å². The van der Waals surface area contributed by atoms with Crippen LogP contribution in [0.2, 0.25) is 0 Å². The Morgan fingerprint density at radius 3 is 2.00 bits per heavy atom. The molecule has 0 aliphatic heterocycles. The fourth-order valence-electron chi connectivity index (χ4n) is 0.687. The molecule has 0 spiro atoms. The molecule has 0 saturated carbocycles. The summed E-state index contributed by atoms with van der Waals surface area (Å²) in [5, 5.41) is 0. The van der Waals surface area contributed by atoms with E-state index in [9.17, 15) is 0 Å². The van der Waals surface area contributed by atoms with E-state index >= 15 is 0 Å². The molecule has 0 aromatic heterocycles. The zero-order chi connectivity index (χ0) is 7.66. The van der Waals surface area contributed by atoms with Crippen LogP contribution in [0.3, 0.4) is 0 Å². The second-order valence-electron chi connectivity index (χ2n) is 2.38. The van der Waals surface area contributed by atoms with Crippen molar-refractivity contribution in [1.82, 2.24) is 0 Å². The number of rotatable bonds is 7. The number of unbranched alkanes of at least 4 members (excludes halogenated alkanes) is 3. The molecule has 10 heavy (non-hydrogen) atoms. The summed E-state index contributed by atoms with van der Waals surface area (Å²) >= 11 is 0. The Kier molecular flexibility index (Phi) is 8.92. The van der Waals surface area contributed by atoms with Gasteiger partial charge in [0.25, 0.3) is 0 Å². The van der Waals surface area contributed by atoms with E-state index in [-0.39, 0.29) is 0 Å². The van der Waals surface area contributed by atoms with Gasteiger partial charge in [0.15, 0.2) is 0 Å². The molecule has 1 heteroatoms. The zero-order valence-corrected chi connectivity index (χ0v) is 6.77. The Morgan fingerprint density at radius 1 is 0.800 bits per heavy atom. The van der Waals surface area contributed by atoms with Crippen molar-refractivity contribution in [3.63, 3.8) is 0 Å². The van der Waals surface area contributed by atoms with Crippen LogP contribution in [-0.4, -0.2) is 13.2 Å². The van der Waals surface area contributed by atoms with Crippen molar-refractivity contribution in [3.8, 4) is 0 Å². The molecule has 0 aliphatic rings. The van der Waals surface area contributed by atoms with Crippen LogP contribution >= 0.6 is 0 Å². The Hall–Kier alpha value is -0.0400. The maximum atomic E-state index is 5.31. The van der Waals surface area contributed by atoms with Crippen LogP contribution in [-0.2, 0) is 4.74 Å². The van der Waals surface area contributed by atoms with Gasteiger partial charge in [-0.2, -0.15) is 0 Å². The molecule has 2 radical (unpaired) electrons. The van der Waals surface area contributed by atoms with Crippen molar-refractivity contribution < 1.29 is 4.74 Å². The first-order valence-electron chi connectivity index (χ1n) is 4.08. The lowest BCUT2D eigenvalue weighted by molar-refractivity contribution is 0.128. The highest BCUT2D eigenvalue weighted by Crippen LogP contribution is 1.95. The Balaban J connectivity index is 2.65. The fourth-order valence-corrected chi connectivity index (χ4v) is 0.687. The summed E-state index contributed by atoms with van der Waals surface area (Å²) in [5.74, 6) is 0. The van der Waals surface area contributed by atoms with Crippen molar-refractivity contribution in [2.75, 3.05) is 13.2 Å². The predicted octanol–water partition coefficient (Wildman–Crippen LogP) is 2.62. The van der Waals surface area contributed by atoms with Gasteiger partial charge in [0.05, 0.1) is 0 Å². The van der Waals surface area contributed by atoms with Crippen LogP contribution in [0.4, 0.5) is 0 Å². The molecule has 0 aliphatic carbocycles. The summed E-state index contributed by atoms with van der Waals surface area (Å²) < 4.78 is 5.31. The summed E-state index contributed by atoms with van der Waals surface area (Å²) in [6.07, 6.45) is 5.43. The van der Waals surface area contributed by atoms with Crippen molar-refractivity contribution in [2.45, 2.75) is 32.1 Å². The summed E-state index contributed by atoms with van der Waals surface area (Å²) in [6, 6.07) is 0. The lowest BCUT2D eigenvalue weighted by Crippen LogP contribution is -1.95. The van der Waals surface area contributed by atoms with Crippen LogP contribution in [0.1, 0.15) is 32.1 Å². The normalized spacial score (nSPS) is 10.2. The van der Waals surface area contributed by atoms with Crippen molar-refractivity contribution in [2.24, 2.45) is 0 Å². The van der Waals surface area contributed by atoms with Gasteiger partial charge in [0, 0.05) is 13.2 Å². The number of hydrogen-bond donors (Lipinski definition) is 0. The van der Waals surface area contributed by atoms with Crippen molar-refractivity contribution in [1.29, 1.82) is 0 Å². The lowest BCUT2D eigenvalue weighted by Gasteiger charge is -2.00. The molecule has 0 fully saturated rings. The van der Waals surface area contributed by atoms with Crippen LogP contribution in [0.15, 0.2) is 0 Å². The summed E-state index contributed by atoms with van der Waals surface area (Å²) in [5.41, 5.74) is 0. The molecule has 0 rings (SSSR count). The molecule has 0 atom stereocenters. The SMILES string of the molecule is [CH2]CCCCOCCC[CH2]. The minimum Gasteiger partial charge on any atom is -0.381 e. The monoisotopic (exact) mass is 142 g/mol. The van der Waals surface area contributed by atoms with Crippen molar-refractivity contribution >= 4 is 0 Å². The molecule has 0 aromatic rings. The Bertz CT molecular complexity index is 44.7. The first-order chi connectivity index (χ1) is 4.91. The molecule has 0 bridgehead atoms. The molecular weight excluding hydrogens is 124 g/mol. The maximum absolute atomic E-state index is 5.31. The van der Waals surface area contributed by atoms with Crippen LogP contribution in [0, 0.1) is 13.8 Å². The topological polar surface area (TPSA) is 9.23 Å². The average Bonchev–Trinajstić information content (AvgIpc) is 1.97. The minimum absolute atomic E-state index is 0.876. The molecule has 0 saturated heterocycles. The quantitative estimate of drug-likeness (QED) is 0.496. The molecule has 0 amide bonds. The molecular formula is C9H18O. The number of ether oxygens (including phenoxy) is 1. The van der Waals surface area contributed by atoms with E-state index in [1.807, 2.05) is 0 Å². The molecule has 0 unspecified atom stereocenters. The van der Waals surface area contributed by atoms with E-state index in [1.165, 1.54) is 6.42 Å². The second-order valence-corrected chi connectivity index (χ2v) is 2.38. The highest BCUT2D eigenvalue weighted by atomic mass is 16.5. The van der Waals surface area contributed by atoms with E-state index in [0.717, 1.165) is 38.9 Å². The third kappa shape index (κ3) is 7.96. The summed E-state index contributed by atoms with van der Waals surface area (Å²) in [7, 11) is 0. The third-order valence-electron chi connectivity index (χ3n) is 1.33. The van der Waals surface area contributed by atoms with Gasteiger partial charge in [-0.05, 0) is 12.8 Å². The van der Waals surface area contributed by atoms with Gasteiger partial charge in [0.2, 0.25) is 0 Å². The smallest absolute Gasteiger partial charge is 0.0466 e. The molecule has 1 nitrogen and oxygen atoms in total. The van der Waals surface area contributed by atoms with Gasteiger partial charge >= 0.3 is 0 Å². The van der Waals surface area contributed by atoms with E-state index in [1.54, 1.807) is 0 Å². The van der Waals surface area contributed by atoms with Crippen LogP contribution in [0.25, 0.3) is 0 Å². The van der Waals surface area contributed by atoms with Gasteiger partial charge < -0.3 is 4.74 Å². The Labute approximate surface area is 64.8 Å². The van der Waals surface area contributed by atoms with E-state index in [4.69, 9.17) is 4.74 Å². The van der Waals surface area contributed by atoms with Gasteiger partial charge in [-0.25, -0.2) is 0 Å². The summed E-state index contributed by atoms with van der Waals surface area (Å²) in [6.45, 7) is 9.26. The predicted molar refractivity (Wildman–Crippen MR) is 44.6 cm³/mol. The van der Waals surface area contributed by atoms with Gasteiger partial charge in [0.1, 0.15) is 0 Å². The third-order valence-corrected chi connectivity index (χ3v) is 1.33. The lowest BCUT2D eigenvalue weighted by atomic mass is 10.3. The second kappa shape index (κ2) is 8.96. The van der Waals surface area contributed by atoms with Gasteiger partial charge in [-0.3, -0.25) is 0 Å². The summed E-state index contributed by atoms with van der Waals surface area (Å²) in [4.78, 5) is 0. The minimum atomic E-state index is 0.876. The zero-order valence-electron chi connectivity index (χ0n) is 6.77. The van der Waals surface area contributed by atoms with Crippen LogP contribution in [0.5, 0.6) is 0 Å². The highest BCUT2D eigenvalue weighted by Gasteiger charge is 1.86. The molecule has 0 N–H and O–H groups in total. The van der Waals surface area contributed by atoms with Gasteiger partial charge in [-0.1, -0.05) is 33.1 Å². The average molecular weight is 142 g/mol. The maximum Gasteiger partial charge on any atom is 0.0466 e.